The fraction of sp³-hybridized carbons (Fsp3) is 0.412. The normalized spacial score (nSPS) is 12.0. The largest absolute Gasteiger partial charge is 0.467 e. The maximum Gasteiger partial charge on any atom is 0.328 e. The molecule has 0 aliphatic heterocycles. The second-order valence-electron chi connectivity index (χ2n) is 6.25. The number of aromatic nitrogens is 3. The molecule has 1 heterocycles. The molecule has 10 heteroatoms. The van der Waals surface area contributed by atoms with E-state index in [-0.39, 0.29) is 17.6 Å². The van der Waals surface area contributed by atoms with E-state index in [1.54, 1.807) is 18.2 Å². The van der Waals surface area contributed by atoms with Crippen molar-refractivity contribution in [2.45, 2.75) is 31.5 Å². The van der Waals surface area contributed by atoms with E-state index in [0.29, 0.717) is 22.4 Å². The molecule has 0 saturated carbocycles. The molecule has 1 aromatic heterocycles. The quantitative estimate of drug-likeness (QED) is 0.388. The lowest BCUT2D eigenvalue weighted by Gasteiger charge is -2.18. The summed E-state index contributed by atoms with van der Waals surface area (Å²) >= 11 is 7.11. The zero-order valence-electron chi connectivity index (χ0n) is 15.3. The number of esters is 1. The predicted molar refractivity (Wildman–Crippen MR) is 105 cm³/mol. The summed E-state index contributed by atoms with van der Waals surface area (Å²) in [5, 5.41) is 11.7. The van der Waals surface area contributed by atoms with E-state index in [1.807, 2.05) is 19.9 Å². The number of thioether (sulfide) groups is 1. The zero-order chi connectivity index (χ0) is 20.0. The van der Waals surface area contributed by atoms with Gasteiger partial charge in [-0.2, -0.15) is 0 Å². The topological polar surface area (TPSA) is 112 Å². The van der Waals surface area contributed by atoms with Crippen molar-refractivity contribution < 1.29 is 14.3 Å². The molecule has 0 aliphatic carbocycles. The van der Waals surface area contributed by atoms with Crippen LogP contribution in [0.3, 0.4) is 0 Å². The van der Waals surface area contributed by atoms with E-state index < -0.39 is 12.0 Å². The van der Waals surface area contributed by atoms with Crippen molar-refractivity contribution in [3.05, 3.63) is 29.3 Å². The molecule has 0 saturated heterocycles. The maximum absolute atomic E-state index is 12.2. The average molecular weight is 412 g/mol. The summed E-state index contributed by atoms with van der Waals surface area (Å²) in [4.78, 5) is 24.0. The molecule has 0 unspecified atom stereocenters. The smallest absolute Gasteiger partial charge is 0.328 e. The van der Waals surface area contributed by atoms with Gasteiger partial charge in [0.15, 0.2) is 5.82 Å². The SMILES string of the molecule is COC(=O)[C@@H](CC(C)C)NC(=O)CSc1nnc(-c2cccc(Cl)c2)n1N. The molecule has 8 nitrogen and oxygen atoms in total. The first kappa shape index (κ1) is 21.0. The van der Waals surface area contributed by atoms with Crippen molar-refractivity contribution >= 4 is 35.2 Å². The zero-order valence-corrected chi connectivity index (χ0v) is 16.9. The molecule has 0 spiro atoms. The van der Waals surface area contributed by atoms with Crippen LogP contribution < -0.4 is 11.2 Å². The number of ether oxygens (including phenoxy) is 1. The Balaban J connectivity index is 2.00. The summed E-state index contributed by atoms with van der Waals surface area (Å²) in [6.07, 6.45) is 0.495. The first-order valence-corrected chi connectivity index (χ1v) is 9.64. The van der Waals surface area contributed by atoms with Gasteiger partial charge in [-0.1, -0.05) is 49.3 Å². The van der Waals surface area contributed by atoms with Crippen molar-refractivity contribution in [2.24, 2.45) is 5.92 Å². The lowest BCUT2D eigenvalue weighted by molar-refractivity contribution is -0.145. The number of nitrogens with two attached hydrogens (primary N) is 1. The Morgan fingerprint density at radius 3 is 2.74 bits per heavy atom. The monoisotopic (exact) mass is 411 g/mol. The van der Waals surface area contributed by atoms with Crippen LogP contribution in [-0.2, 0) is 14.3 Å². The molecule has 0 fully saturated rings. The molecular weight excluding hydrogens is 390 g/mol. The van der Waals surface area contributed by atoms with Gasteiger partial charge in [0, 0.05) is 10.6 Å². The standard InChI is InChI=1S/C17H22ClN5O3S/c1-10(2)7-13(16(25)26-3)20-14(24)9-27-17-22-21-15(23(17)19)11-5-4-6-12(18)8-11/h4-6,8,10,13H,7,9,19H2,1-3H3,(H,20,24)/t13-/m1/s1. The van der Waals surface area contributed by atoms with Gasteiger partial charge in [0.05, 0.1) is 12.9 Å². The van der Waals surface area contributed by atoms with Crippen LogP contribution in [-0.4, -0.2) is 45.7 Å². The van der Waals surface area contributed by atoms with E-state index in [9.17, 15) is 9.59 Å². The lowest BCUT2D eigenvalue weighted by atomic mass is 10.0. The molecule has 3 N–H and O–H groups in total. The highest BCUT2D eigenvalue weighted by Gasteiger charge is 2.23. The number of carbonyl (C=O) groups is 2. The molecule has 0 aliphatic rings. The molecular formula is C17H22ClN5O3S. The number of amides is 1. The Morgan fingerprint density at radius 1 is 1.37 bits per heavy atom. The number of nitrogen functional groups attached to an aromatic ring is 1. The van der Waals surface area contributed by atoms with E-state index in [4.69, 9.17) is 22.2 Å². The number of hydrogen-bond acceptors (Lipinski definition) is 7. The Kier molecular flexibility index (Phi) is 7.49. The van der Waals surface area contributed by atoms with Gasteiger partial charge in [-0.15, -0.1) is 10.2 Å². The van der Waals surface area contributed by atoms with Gasteiger partial charge in [-0.3, -0.25) is 4.79 Å². The number of hydrogen-bond donors (Lipinski definition) is 2. The highest BCUT2D eigenvalue weighted by atomic mass is 35.5. The first-order chi connectivity index (χ1) is 12.8. The van der Waals surface area contributed by atoms with Crippen LogP contribution in [0.1, 0.15) is 20.3 Å². The van der Waals surface area contributed by atoms with Gasteiger partial charge in [0.25, 0.3) is 0 Å². The summed E-state index contributed by atoms with van der Waals surface area (Å²) in [7, 11) is 1.30. The molecule has 2 rings (SSSR count). The average Bonchev–Trinajstić information content (AvgIpc) is 2.99. The lowest BCUT2D eigenvalue weighted by Crippen LogP contribution is -2.43. The highest BCUT2D eigenvalue weighted by molar-refractivity contribution is 7.99. The number of nitrogens with one attached hydrogen (secondary N) is 1. The minimum absolute atomic E-state index is 0.0382. The summed E-state index contributed by atoms with van der Waals surface area (Å²) < 4.78 is 6.04. The van der Waals surface area contributed by atoms with Crippen molar-refractivity contribution in [3.8, 4) is 11.4 Å². The first-order valence-electron chi connectivity index (χ1n) is 8.28. The predicted octanol–water partition coefficient (Wildman–Crippen LogP) is 2.11. The Labute approximate surface area is 166 Å². The molecule has 2 aromatic rings. The van der Waals surface area contributed by atoms with Crippen LogP contribution in [0.25, 0.3) is 11.4 Å². The molecule has 0 bridgehead atoms. The number of benzene rings is 1. The third-order valence-electron chi connectivity index (χ3n) is 3.61. The third-order valence-corrected chi connectivity index (χ3v) is 4.79. The Bertz CT molecular complexity index is 812. The summed E-state index contributed by atoms with van der Waals surface area (Å²) in [5.74, 6) is 5.96. The van der Waals surface area contributed by atoms with E-state index in [2.05, 4.69) is 15.5 Å². The molecule has 1 atom stereocenters. The molecule has 0 radical (unpaired) electrons. The van der Waals surface area contributed by atoms with Crippen LogP contribution in [0.5, 0.6) is 0 Å². The number of methoxy groups -OCH3 is 1. The second-order valence-corrected chi connectivity index (χ2v) is 7.63. The summed E-state index contributed by atoms with van der Waals surface area (Å²) in [6, 6.07) is 6.39. The maximum atomic E-state index is 12.2. The van der Waals surface area contributed by atoms with Gasteiger partial charge in [-0.25, -0.2) is 9.47 Å². The second kappa shape index (κ2) is 9.61. The van der Waals surface area contributed by atoms with Crippen molar-refractivity contribution in [2.75, 3.05) is 18.7 Å². The van der Waals surface area contributed by atoms with Crippen molar-refractivity contribution in [1.82, 2.24) is 20.2 Å². The van der Waals surface area contributed by atoms with Gasteiger partial charge < -0.3 is 15.9 Å². The number of halogens is 1. The minimum atomic E-state index is -0.680. The van der Waals surface area contributed by atoms with Crippen LogP contribution in [0.2, 0.25) is 5.02 Å². The summed E-state index contributed by atoms with van der Waals surface area (Å²) in [6.45, 7) is 3.93. The number of rotatable bonds is 8. The van der Waals surface area contributed by atoms with Gasteiger partial charge in [-0.05, 0) is 24.5 Å². The third kappa shape index (κ3) is 5.86. The van der Waals surface area contributed by atoms with E-state index in [0.717, 1.165) is 17.3 Å². The molecule has 1 aromatic carbocycles. The fourth-order valence-corrected chi connectivity index (χ4v) is 3.25. The van der Waals surface area contributed by atoms with Crippen LogP contribution >= 0.6 is 23.4 Å². The molecule has 27 heavy (non-hydrogen) atoms. The van der Waals surface area contributed by atoms with Gasteiger partial charge in [0.1, 0.15) is 6.04 Å². The highest BCUT2D eigenvalue weighted by Crippen LogP contribution is 2.23. The van der Waals surface area contributed by atoms with Crippen molar-refractivity contribution in [1.29, 1.82) is 0 Å². The van der Waals surface area contributed by atoms with E-state index >= 15 is 0 Å². The Hall–Kier alpha value is -2.26. The van der Waals surface area contributed by atoms with Gasteiger partial charge in [0.2, 0.25) is 11.1 Å². The Morgan fingerprint density at radius 2 is 2.11 bits per heavy atom. The fourth-order valence-electron chi connectivity index (χ4n) is 2.39. The molecule has 146 valence electrons. The number of nitrogens with zero attached hydrogens (tertiary/aromatic N) is 3. The van der Waals surface area contributed by atoms with Crippen LogP contribution in [0, 0.1) is 5.92 Å². The molecule has 1 amide bonds. The van der Waals surface area contributed by atoms with Crippen LogP contribution in [0.4, 0.5) is 0 Å². The van der Waals surface area contributed by atoms with Crippen molar-refractivity contribution in [3.63, 3.8) is 0 Å². The van der Waals surface area contributed by atoms with Gasteiger partial charge >= 0.3 is 5.97 Å². The van der Waals surface area contributed by atoms with Crippen LogP contribution in [0.15, 0.2) is 29.4 Å². The minimum Gasteiger partial charge on any atom is -0.467 e. The van der Waals surface area contributed by atoms with E-state index in [1.165, 1.54) is 11.8 Å². The number of carbonyl (C=O) groups excluding carboxylic acids is 2. The summed E-state index contributed by atoms with van der Waals surface area (Å²) in [5.41, 5.74) is 0.719.